The molecule has 6 atom stereocenters. The fourth-order valence-corrected chi connectivity index (χ4v) is 7.35. The molecular weight excluding hydrogens is 591 g/mol. The molecule has 15 heteroatoms. The van der Waals surface area contributed by atoms with Crippen LogP contribution in [0.3, 0.4) is 0 Å². The van der Waals surface area contributed by atoms with Gasteiger partial charge in [-0.25, -0.2) is 14.1 Å². The average molecular weight is 627 g/mol. The first-order valence-corrected chi connectivity index (χ1v) is 16.2. The van der Waals surface area contributed by atoms with E-state index in [1.54, 1.807) is 42.5 Å². The summed E-state index contributed by atoms with van der Waals surface area (Å²) in [4.78, 5) is 17.2. The molecule has 2 saturated carbocycles. The second kappa shape index (κ2) is 12.4. The van der Waals surface area contributed by atoms with E-state index in [4.69, 9.17) is 24.3 Å². The van der Waals surface area contributed by atoms with Crippen molar-refractivity contribution in [3.8, 4) is 11.8 Å². The van der Waals surface area contributed by atoms with Crippen LogP contribution >= 0.6 is 7.75 Å². The maximum absolute atomic E-state index is 14.4. The maximum atomic E-state index is 14.4. The van der Waals surface area contributed by atoms with E-state index in [9.17, 15) is 24.8 Å². The summed E-state index contributed by atoms with van der Waals surface area (Å²) in [6, 6.07) is 12.4. The number of carbonyl (C=O) groups excluding carboxylic acids is 1. The average Bonchev–Trinajstić information content (AvgIpc) is 3.40. The molecule has 3 heterocycles. The Bertz CT molecular complexity index is 1570. The number of esters is 1. The lowest BCUT2D eigenvalue weighted by Gasteiger charge is -2.30. The van der Waals surface area contributed by atoms with E-state index >= 15 is 0 Å². The van der Waals surface area contributed by atoms with Gasteiger partial charge in [0.2, 0.25) is 5.60 Å². The fraction of sp³-hybridized carbons (Fsp3) is 0.517. The van der Waals surface area contributed by atoms with Crippen LogP contribution in [-0.2, 0) is 23.4 Å². The van der Waals surface area contributed by atoms with Gasteiger partial charge in [-0.15, -0.1) is 0 Å². The van der Waals surface area contributed by atoms with Crippen LogP contribution in [0, 0.1) is 23.2 Å². The van der Waals surface area contributed by atoms with Crippen LogP contribution in [0.5, 0.6) is 5.75 Å². The van der Waals surface area contributed by atoms with Crippen LogP contribution in [0.2, 0.25) is 0 Å². The number of aliphatic hydroxyl groups is 2. The molecule has 0 bridgehead atoms. The Hall–Kier alpha value is -3.57. The summed E-state index contributed by atoms with van der Waals surface area (Å²) < 4.78 is 39.0. The number of nitrogens with one attached hydrogen (secondary N) is 1. The standard InChI is InChI=1S/C29H35N6O8P/c30-15-29(26(37)24(36)25(42-29)21-12-13-22-27(31)32-17-33-35(21)22)16-41-44(39,43-20-8-2-1-3-9-20)34-23(19-6-4-5-7-19)28(38)40-14-18-10-11-18/h1-3,8-9,12-13,17-19,23-26,36-37H,4-7,10-11,14,16H2,(H,34,39)(H2,31,32,33)/t23?,24-,25-,26-,29+,44?/m0/s1. The number of hydrogen-bond acceptors (Lipinski definition) is 12. The number of aliphatic hydroxyl groups excluding tert-OH is 2. The Morgan fingerprint density at radius 1 is 1.20 bits per heavy atom. The third-order valence-electron chi connectivity index (χ3n) is 8.44. The van der Waals surface area contributed by atoms with Crippen molar-refractivity contribution in [2.45, 2.75) is 68.5 Å². The second-order valence-electron chi connectivity index (χ2n) is 11.6. The van der Waals surface area contributed by atoms with Gasteiger partial charge in [0.15, 0.2) is 5.82 Å². The van der Waals surface area contributed by atoms with Crippen molar-refractivity contribution in [3.63, 3.8) is 0 Å². The summed E-state index contributed by atoms with van der Waals surface area (Å²) in [6.07, 6.45) is 1.89. The van der Waals surface area contributed by atoms with Crippen LogP contribution in [0.15, 0.2) is 48.8 Å². The molecule has 2 aromatic heterocycles. The highest BCUT2D eigenvalue weighted by molar-refractivity contribution is 7.52. The molecule has 5 N–H and O–H groups in total. The smallest absolute Gasteiger partial charge is 0.459 e. The number of ether oxygens (including phenoxy) is 2. The van der Waals surface area contributed by atoms with Crippen molar-refractivity contribution in [3.05, 3.63) is 54.5 Å². The van der Waals surface area contributed by atoms with Crippen LogP contribution < -0.4 is 15.3 Å². The van der Waals surface area contributed by atoms with Crippen molar-refractivity contribution in [1.29, 1.82) is 5.26 Å². The van der Waals surface area contributed by atoms with Gasteiger partial charge in [-0.3, -0.25) is 9.32 Å². The van der Waals surface area contributed by atoms with Gasteiger partial charge >= 0.3 is 13.7 Å². The molecular formula is C29H35N6O8P. The van der Waals surface area contributed by atoms with E-state index in [1.165, 1.54) is 10.8 Å². The number of rotatable bonds is 12. The number of nitrogens with two attached hydrogens (primary N) is 1. The molecule has 3 aliphatic rings. The molecule has 14 nitrogen and oxygen atoms in total. The molecule has 234 valence electrons. The molecule has 2 unspecified atom stereocenters. The van der Waals surface area contributed by atoms with Gasteiger partial charge in [-0.2, -0.15) is 15.4 Å². The number of para-hydroxylation sites is 1. The minimum Gasteiger partial charge on any atom is -0.464 e. The Morgan fingerprint density at radius 2 is 1.95 bits per heavy atom. The molecule has 0 amide bonds. The Kier molecular flexibility index (Phi) is 8.61. The van der Waals surface area contributed by atoms with E-state index in [1.807, 2.05) is 6.07 Å². The van der Waals surface area contributed by atoms with Gasteiger partial charge in [0.25, 0.3) is 0 Å². The zero-order valence-electron chi connectivity index (χ0n) is 23.9. The third kappa shape index (κ3) is 6.17. The number of nitriles is 1. The Morgan fingerprint density at radius 3 is 2.66 bits per heavy atom. The van der Waals surface area contributed by atoms with Crippen molar-refractivity contribution < 1.29 is 38.1 Å². The predicted molar refractivity (Wildman–Crippen MR) is 155 cm³/mol. The molecule has 1 aliphatic heterocycles. The zero-order valence-corrected chi connectivity index (χ0v) is 24.8. The Balaban J connectivity index is 1.26. The molecule has 3 aromatic rings. The largest absolute Gasteiger partial charge is 0.464 e. The van der Waals surface area contributed by atoms with E-state index < -0.39 is 50.3 Å². The monoisotopic (exact) mass is 626 g/mol. The molecule has 0 spiro atoms. The number of benzene rings is 1. The number of aromatic nitrogens is 3. The highest BCUT2D eigenvalue weighted by Crippen LogP contribution is 2.49. The summed E-state index contributed by atoms with van der Waals surface area (Å²) >= 11 is 0. The van der Waals surface area contributed by atoms with E-state index in [0.29, 0.717) is 17.1 Å². The lowest BCUT2D eigenvalue weighted by atomic mass is 9.96. The highest BCUT2D eigenvalue weighted by atomic mass is 31.2. The van der Waals surface area contributed by atoms with Gasteiger partial charge in [0.1, 0.15) is 54.6 Å². The minimum atomic E-state index is -4.43. The van der Waals surface area contributed by atoms with Gasteiger partial charge < -0.3 is 29.9 Å². The fourth-order valence-electron chi connectivity index (χ4n) is 5.75. The first kappa shape index (κ1) is 30.5. The number of nitrogen functional groups attached to an aromatic ring is 1. The van der Waals surface area contributed by atoms with Gasteiger partial charge in [-0.05, 0) is 61.8 Å². The predicted octanol–water partition coefficient (Wildman–Crippen LogP) is 2.67. The lowest BCUT2D eigenvalue weighted by Crippen LogP contribution is -2.47. The normalized spacial score (nSPS) is 27.5. The van der Waals surface area contributed by atoms with E-state index in [-0.39, 0.29) is 24.1 Å². The summed E-state index contributed by atoms with van der Waals surface area (Å²) in [5.41, 5.74) is 4.51. The van der Waals surface area contributed by atoms with Crippen molar-refractivity contribution in [1.82, 2.24) is 19.7 Å². The number of hydrogen-bond donors (Lipinski definition) is 4. The van der Waals surface area contributed by atoms with Crippen LogP contribution in [-0.4, -0.2) is 67.8 Å². The molecule has 1 aromatic carbocycles. The quantitative estimate of drug-likeness (QED) is 0.169. The minimum absolute atomic E-state index is 0.167. The van der Waals surface area contributed by atoms with Crippen molar-refractivity contribution in [2.75, 3.05) is 18.9 Å². The Labute approximate surface area is 253 Å². The summed E-state index contributed by atoms with van der Waals surface area (Å²) in [5.74, 6) is -0.00333. The van der Waals surface area contributed by atoms with Crippen molar-refractivity contribution in [2.24, 2.45) is 11.8 Å². The third-order valence-corrected chi connectivity index (χ3v) is 9.95. The van der Waals surface area contributed by atoms with E-state index in [2.05, 4.69) is 15.2 Å². The summed E-state index contributed by atoms with van der Waals surface area (Å²) in [7, 11) is -4.43. The summed E-state index contributed by atoms with van der Waals surface area (Å²) in [6.45, 7) is -0.486. The topological polar surface area (TPSA) is 204 Å². The van der Waals surface area contributed by atoms with Gasteiger partial charge in [0.05, 0.1) is 12.3 Å². The maximum Gasteiger partial charge on any atom is 0.459 e. The molecule has 44 heavy (non-hydrogen) atoms. The molecule has 0 radical (unpaired) electrons. The number of fused-ring (bicyclic) bond motifs is 1. The zero-order chi connectivity index (χ0) is 30.9. The van der Waals surface area contributed by atoms with Crippen molar-refractivity contribution >= 4 is 25.1 Å². The second-order valence-corrected chi connectivity index (χ2v) is 13.3. The number of carbonyl (C=O) groups is 1. The molecule has 6 rings (SSSR count). The van der Waals surface area contributed by atoms with E-state index in [0.717, 1.165) is 38.5 Å². The summed E-state index contributed by atoms with van der Waals surface area (Å²) in [5, 5.41) is 39.3. The molecule has 2 aliphatic carbocycles. The number of anilines is 1. The first-order chi connectivity index (χ1) is 21.2. The molecule has 1 saturated heterocycles. The van der Waals surface area contributed by atoms with Gasteiger partial charge in [-0.1, -0.05) is 31.0 Å². The lowest BCUT2D eigenvalue weighted by molar-refractivity contribution is -0.147. The van der Waals surface area contributed by atoms with Crippen LogP contribution in [0.1, 0.15) is 50.3 Å². The van der Waals surface area contributed by atoms with Crippen LogP contribution in [0.4, 0.5) is 5.82 Å². The van der Waals surface area contributed by atoms with Crippen LogP contribution in [0.25, 0.3) is 5.52 Å². The SMILES string of the molecule is N#C[C@]1(COP(=O)(NC(C(=O)OCC2CC2)C2CCCC2)Oc2ccccc2)O[C@@H](c2ccc3c(N)ncnn23)[C@H](O)[C@@H]1O. The van der Waals surface area contributed by atoms with Gasteiger partial charge in [0, 0.05) is 0 Å². The highest BCUT2D eigenvalue weighted by Gasteiger charge is 2.57. The number of nitrogens with zero attached hydrogens (tertiary/aromatic N) is 4. The first-order valence-electron chi connectivity index (χ1n) is 14.7. The molecule has 3 fully saturated rings.